The molecule has 1 aromatic heterocycles. The molecule has 1 fully saturated rings. The first-order chi connectivity index (χ1) is 17.5. The molecule has 13 heteroatoms. The summed E-state index contributed by atoms with van der Waals surface area (Å²) < 4.78 is 8.77. The molecule has 2 amide bonds. The van der Waals surface area contributed by atoms with E-state index in [0.29, 0.717) is 5.56 Å². The van der Waals surface area contributed by atoms with Crippen LogP contribution >= 0.6 is 46.6 Å². The van der Waals surface area contributed by atoms with Crippen LogP contribution in [0.3, 0.4) is 0 Å². The Hall–Kier alpha value is -2.79. The van der Waals surface area contributed by atoms with Crippen LogP contribution in [-0.4, -0.2) is 60.7 Å². The molecule has 4 rings (SSSR count). The lowest BCUT2D eigenvalue weighted by molar-refractivity contribution is -0.153. The van der Waals surface area contributed by atoms with E-state index >= 15 is 0 Å². The van der Waals surface area contributed by atoms with Crippen molar-refractivity contribution in [3.05, 3.63) is 77.8 Å². The van der Waals surface area contributed by atoms with Gasteiger partial charge in [0.15, 0.2) is 0 Å². The zero-order valence-corrected chi connectivity index (χ0v) is 22.3. The molecule has 2 aliphatic heterocycles. The Bertz CT molecular complexity index is 1230. The monoisotopic (exact) mass is 583 g/mol. The molecule has 0 saturated carbocycles. The van der Waals surface area contributed by atoms with Crippen molar-refractivity contribution < 1.29 is 28.7 Å². The minimum absolute atomic E-state index is 0.00437. The van der Waals surface area contributed by atoms with Gasteiger partial charge >= 0.3 is 11.9 Å². The van der Waals surface area contributed by atoms with E-state index < -0.39 is 51.7 Å². The molecule has 194 valence electrons. The number of carbonyl (C=O) groups excluding carboxylic acids is 4. The van der Waals surface area contributed by atoms with Crippen LogP contribution in [0.1, 0.15) is 28.9 Å². The summed E-state index contributed by atoms with van der Waals surface area (Å²) >= 11 is 18.3. The van der Waals surface area contributed by atoms with Gasteiger partial charge in [-0.15, -0.1) is 11.8 Å². The second-order valence-corrected chi connectivity index (χ2v) is 12.1. The summed E-state index contributed by atoms with van der Waals surface area (Å²) in [6.45, 7) is 1.33. The lowest BCUT2D eigenvalue weighted by atomic mass is 10.0. The maximum Gasteiger partial charge on any atom is 0.354 e. The number of ether oxygens (including phenoxy) is 2. The second kappa shape index (κ2) is 11.3. The first-order valence-electron chi connectivity index (χ1n) is 11.0. The maximum absolute atomic E-state index is 13.3. The van der Waals surface area contributed by atoms with Crippen molar-refractivity contribution >= 4 is 70.3 Å². The number of carbonyl (C=O) groups is 4. The number of nitrogens with zero attached hydrogens (tertiary/aromatic N) is 2. The Balaban J connectivity index is 1.49. The smallest absolute Gasteiger partial charge is 0.354 e. The highest BCUT2D eigenvalue weighted by Crippen LogP contribution is 2.41. The summed E-state index contributed by atoms with van der Waals surface area (Å²) in [5.41, 5.74) is 0.644. The van der Waals surface area contributed by atoms with Crippen molar-refractivity contribution in [1.82, 2.24) is 15.2 Å². The molecule has 4 atom stereocenters. The van der Waals surface area contributed by atoms with Gasteiger partial charge in [0.25, 0.3) is 11.8 Å². The SMILES string of the molecule is CC1C=C(C(=O)OCC(Cl)(Cl)Cl)N2C(=O)C(NC(=O)C(OC(=O)c3ccncc3)c3ccccc3)[C@H]2S1. The van der Waals surface area contributed by atoms with Crippen LogP contribution in [-0.2, 0) is 23.9 Å². The second-order valence-electron chi connectivity index (χ2n) is 8.10. The van der Waals surface area contributed by atoms with Crippen molar-refractivity contribution in [3.63, 3.8) is 0 Å². The third-order valence-corrected chi connectivity index (χ3v) is 7.06. The molecule has 0 bridgehead atoms. The number of hydrogen-bond acceptors (Lipinski definition) is 8. The van der Waals surface area contributed by atoms with Gasteiger partial charge in [0.1, 0.15) is 23.7 Å². The highest BCUT2D eigenvalue weighted by Gasteiger charge is 2.54. The first kappa shape index (κ1) is 27.3. The zero-order valence-electron chi connectivity index (χ0n) is 19.2. The molecule has 1 N–H and O–H groups in total. The van der Waals surface area contributed by atoms with E-state index in [9.17, 15) is 19.2 Å². The standard InChI is InChI=1S/C24H20Cl3N3O6S/c1-13-11-16(23(34)35-12-24(25,26)27)30-20(32)17(21(30)37-13)29-19(31)18(14-5-3-2-4-6-14)36-22(33)15-7-9-28-10-8-15/h2-11,13,17-18,21H,12H2,1H3,(H,29,31)/t13?,17?,18?,21-/m1/s1. The Morgan fingerprint density at radius 3 is 2.43 bits per heavy atom. The van der Waals surface area contributed by atoms with E-state index in [0.717, 1.165) is 0 Å². The van der Waals surface area contributed by atoms with Gasteiger partial charge in [-0.3, -0.25) is 19.5 Å². The Morgan fingerprint density at radius 2 is 1.78 bits per heavy atom. The molecule has 2 aliphatic rings. The van der Waals surface area contributed by atoms with Crippen LogP contribution in [0.15, 0.2) is 66.6 Å². The molecule has 9 nitrogen and oxygen atoms in total. The molecule has 1 saturated heterocycles. The normalized spacial score (nSPS) is 21.6. The summed E-state index contributed by atoms with van der Waals surface area (Å²) in [4.78, 5) is 56.7. The number of nitrogens with one attached hydrogen (secondary N) is 1. The maximum atomic E-state index is 13.3. The molecule has 0 aliphatic carbocycles. The molecule has 0 spiro atoms. The summed E-state index contributed by atoms with van der Waals surface area (Å²) in [6, 6.07) is 10.4. The zero-order chi connectivity index (χ0) is 26.7. The van der Waals surface area contributed by atoms with E-state index in [4.69, 9.17) is 44.3 Å². The highest BCUT2D eigenvalue weighted by atomic mass is 35.6. The van der Waals surface area contributed by atoms with Gasteiger partial charge in [-0.1, -0.05) is 65.1 Å². The quantitative estimate of drug-likeness (QED) is 0.299. The van der Waals surface area contributed by atoms with Crippen LogP contribution in [0.2, 0.25) is 0 Å². The van der Waals surface area contributed by atoms with Crippen molar-refractivity contribution in [2.45, 2.75) is 33.5 Å². The number of benzene rings is 1. The minimum Gasteiger partial charge on any atom is -0.456 e. The number of aromatic nitrogens is 1. The molecule has 1 aromatic carbocycles. The predicted octanol–water partition coefficient (Wildman–Crippen LogP) is 3.57. The minimum atomic E-state index is -1.81. The van der Waals surface area contributed by atoms with Gasteiger partial charge in [-0.2, -0.15) is 0 Å². The fourth-order valence-corrected chi connectivity index (χ4v) is 5.23. The van der Waals surface area contributed by atoms with Gasteiger partial charge in [0, 0.05) is 23.2 Å². The average molecular weight is 585 g/mol. The highest BCUT2D eigenvalue weighted by molar-refractivity contribution is 8.00. The number of alkyl halides is 3. The Morgan fingerprint density at radius 1 is 1.11 bits per heavy atom. The average Bonchev–Trinajstić information content (AvgIpc) is 2.88. The number of halogens is 3. The molecular formula is C24H20Cl3N3O6S. The third kappa shape index (κ3) is 6.38. The lowest BCUT2D eigenvalue weighted by Gasteiger charge is -2.49. The number of fused-ring (bicyclic) bond motifs is 1. The van der Waals surface area contributed by atoms with Crippen LogP contribution < -0.4 is 5.32 Å². The topological polar surface area (TPSA) is 115 Å². The number of esters is 2. The number of amides is 2. The molecule has 2 aromatic rings. The Kier molecular flexibility index (Phi) is 8.33. The molecule has 3 unspecified atom stereocenters. The summed E-state index contributed by atoms with van der Waals surface area (Å²) in [7, 11) is 0. The first-order valence-corrected chi connectivity index (χ1v) is 13.0. The summed E-state index contributed by atoms with van der Waals surface area (Å²) in [5, 5.41) is 1.91. The van der Waals surface area contributed by atoms with Crippen LogP contribution in [0.5, 0.6) is 0 Å². The lowest BCUT2D eigenvalue weighted by Crippen LogP contribution is -2.71. The van der Waals surface area contributed by atoms with E-state index in [1.165, 1.54) is 41.2 Å². The van der Waals surface area contributed by atoms with Gasteiger partial charge in [0.2, 0.25) is 9.90 Å². The van der Waals surface area contributed by atoms with Crippen LogP contribution in [0.4, 0.5) is 0 Å². The number of β-lactam (4-membered cyclic amide) rings is 1. The van der Waals surface area contributed by atoms with Gasteiger partial charge in [-0.25, -0.2) is 9.59 Å². The number of pyridine rings is 1. The van der Waals surface area contributed by atoms with Gasteiger partial charge in [0.05, 0.1) is 5.56 Å². The Labute approximate surface area is 231 Å². The summed E-state index contributed by atoms with van der Waals surface area (Å²) in [5.74, 6) is -2.76. The predicted molar refractivity (Wildman–Crippen MR) is 138 cm³/mol. The molecular weight excluding hydrogens is 565 g/mol. The molecule has 3 heterocycles. The van der Waals surface area contributed by atoms with Crippen LogP contribution in [0, 0.1) is 0 Å². The van der Waals surface area contributed by atoms with Crippen molar-refractivity contribution in [2.24, 2.45) is 0 Å². The van der Waals surface area contributed by atoms with Crippen molar-refractivity contribution in [2.75, 3.05) is 6.61 Å². The number of hydrogen-bond donors (Lipinski definition) is 1. The van der Waals surface area contributed by atoms with Crippen molar-refractivity contribution in [1.29, 1.82) is 0 Å². The largest absolute Gasteiger partial charge is 0.456 e. The number of rotatable bonds is 7. The van der Waals surface area contributed by atoms with Crippen LogP contribution in [0.25, 0.3) is 0 Å². The van der Waals surface area contributed by atoms with E-state index in [1.807, 2.05) is 6.92 Å². The van der Waals surface area contributed by atoms with E-state index in [1.54, 1.807) is 36.4 Å². The molecule has 37 heavy (non-hydrogen) atoms. The van der Waals surface area contributed by atoms with E-state index in [2.05, 4.69) is 10.3 Å². The number of thioether (sulfide) groups is 1. The third-order valence-electron chi connectivity index (χ3n) is 5.40. The van der Waals surface area contributed by atoms with E-state index in [-0.39, 0.29) is 16.5 Å². The molecule has 0 radical (unpaired) electrons. The van der Waals surface area contributed by atoms with Gasteiger partial charge in [-0.05, 0) is 25.1 Å². The fraction of sp³-hybridized carbons (Fsp3) is 0.292. The van der Waals surface area contributed by atoms with Crippen molar-refractivity contribution in [3.8, 4) is 0 Å². The van der Waals surface area contributed by atoms with Gasteiger partial charge < -0.3 is 14.8 Å². The fourth-order valence-electron chi connectivity index (χ4n) is 3.73. The summed E-state index contributed by atoms with van der Waals surface area (Å²) in [6.07, 6.45) is 3.11.